The summed E-state index contributed by atoms with van der Waals surface area (Å²) in [6, 6.07) is 54.6. The summed E-state index contributed by atoms with van der Waals surface area (Å²) in [5.74, 6) is 0. The van der Waals surface area contributed by atoms with E-state index in [1.54, 1.807) is 12.1 Å². The summed E-state index contributed by atoms with van der Waals surface area (Å²) in [5.41, 5.74) is 5.03. The molecule has 46 heavy (non-hydrogen) atoms. The van der Waals surface area contributed by atoms with Crippen molar-refractivity contribution >= 4 is 30.0 Å². The van der Waals surface area contributed by atoms with Gasteiger partial charge in [0, 0.05) is 98.1 Å². The van der Waals surface area contributed by atoms with E-state index in [1.807, 2.05) is 60.7 Å². The van der Waals surface area contributed by atoms with Crippen LogP contribution in [0, 0.1) is 25.3 Å². The van der Waals surface area contributed by atoms with Crippen LogP contribution in [0.15, 0.2) is 164 Å². The van der Waals surface area contributed by atoms with E-state index < -0.39 is 0 Å². The van der Waals surface area contributed by atoms with Crippen LogP contribution in [-0.4, -0.2) is 0 Å². The maximum Gasteiger partial charge on any atom is 0 e. The fourth-order valence-corrected chi connectivity index (χ4v) is 3.96. The second-order valence-corrected chi connectivity index (χ2v) is 9.22. The number of benzene rings is 6. The second-order valence-electron chi connectivity index (χ2n) is 9.22. The Balaban J connectivity index is 0.000000558. The smallest absolute Gasteiger partial charge is 0 e. The van der Waals surface area contributed by atoms with Crippen molar-refractivity contribution in [1.82, 2.24) is 0 Å². The topological polar surface area (TPSA) is 0 Å². The third kappa shape index (κ3) is 16.6. The Morgan fingerprint density at radius 3 is 1.24 bits per heavy atom. The number of allylic oxidation sites excluding steroid dienone is 3. The molecular formula is C43H34Y3-6. The van der Waals surface area contributed by atoms with Gasteiger partial charge in [-0.25, -0.2) is 23.3 Å². The van der Waals surface area contributed by atoms with Gasteiger partial charge in [-0.2, -0.15) is 48.5 Å². The molecule has 0 nitrogen and oxygen atoms in total. The normalized spacial score (nSPS) is 9.39. The maximum atomic E-state index is 5.39. The van der Waals surface area contributed by atoms with Crippen LogP contribution in [0.4, 0.5) is 0 Å². The first kappa shape index (κ1) is 43.9. The van der Waals surface area contributed by atoms with Crippen molar-refractivity contribution in [2.45, 2.75) is 6.42 Å². The molecule has 0 atom stereocenters. The quantitative estimate of drug-likeness (QED) is 0.121. The van der Waals surface area contributed by atoms with Gasteiger partial charge < -0.3 is 35.7 Å². The molecule has 0 amide bonds. The molecule has 7 rings (SSSR count). The van der Waals surface area contributed by atoms with E-state index in [0.717, 1.165) is 17.5 Å². The summed E-state index contributed by atoms with van der Waals surface area (Å²) in [5, 5.41) is 3.91. The largest absolute Gasteiger partial charge is 0.394 e. The van der Waals surface area contributed by atoms with Gasteiger partial charge >= 0.3 is 0 Å². The SMILES string of the molecule is C1=Cc2ccccc2C1.[CH-]=CC=[CH-].[CH-]=c1ccccc1=[CH-].[Y].[Y].[Y].[c-]1ccccc1-c1[c-]cccc1.c1ccc2ccccc2c1. The van der Waals surface area contributed by atoms with Crippen molar-refractivity contribution in [1.29, 1.82) is 0 Å². The Bertz CT molecular complexity index is 1670. The van der Waals surface area contributed by atoms with E-state index in [-0.39, 0.29) is 98.1 Å². The van der Waals surface area contributed by atoms with Crippen LogP contribution < -0.4 is 10.4 Å². The van der Waals surface area contributed by atoms with E-state index in [9.17, 15) is 0 Å². The number of fused-ring (bicyclic) bond motifs is 2. The van der Waals surface area contributed by atoms with Crippen LogP contribution in [0.2, 0.25) is 0 Å². The minimum atomic E-state index is 0. The fourth-order valence-electron chi connectivity index (χ4n) is 3.96. The molecule has 3 radical (unpaired) electrons. The van der Waals surface area contributed by atoms with Gasteiger partial charge in [-0.1, -0.05) is 84.9 Å². The zero-order valence-corrected chi connectivity index (χ0v) is 34.4. The summed E-state index contributed by atoms with van der Waals surface area (Å²) < 4.78 is 0. The van der Waals surface area contributed by atoms with Crippen LogP contribution in [-0.2, 0) is 105 Å². The van der Waals surface area contributed by atoms with E-state index >= 15 is 0 Å². The van der Waals surface area contributed by atoms with Crippen molar-refractivity contribution in [3.05, 3.63) is 211 Å². The molecule has 0 heterocycles. The van der Waals surface area contributed by atoms with E-state index in [1.165, 1.54) is 34.1 Å². The van der Waals surface area contributed by atoms with Crippen LogP contribution in [0.1, 0.15) is 11.1 Å². The Labute approximate surface area is 351 Å². The average molecular weight is 817 g/mol. The van der Waals surface area contributed by atoms with Gasteiger partial charge in [0.15, 0.2) is 0 Å². The van der Waals surface area contributed by atoms with Crippen LogP contribution in [0.5, 0.6) is 0 Å². The first-order valence-corrected chi connectivity index (χ1v) is 13.9. The Morgan fingerprint density at radius 2 is 0.870 bits per heavy atom. The summed E-state index contributed by atoms with van der Waals surface area (Å²) in [7, 11) is 0. The van der Waals surface area contributed by atoms with Gasteiger partial charge in [0.1, 0.15) is 0 Å². The summed E-state index contributed by atoms with van der Waals surface area (Å²) in [6.45, 7) is 20.2. The Hall–Kier alpha value is -2.15. The molecule has 0 aromatic heterocycles. The standard InChI is InChI=1S/C12H8.C10H8.C9H8.C8H6.C4H4.3Y/c1-3-7-11(8-4-1)12-9-5-2-6-10-12;1-2-6-10-8-4-3-7-9(10)5-1;1-2-5-9-7-3-6-8(9)4-1;1-7-5-3-4-6-8(7)2;1-3-4-2;;;/h1-7,9H;1-8H;1-6H,7H2;1-6H;1-4H;;;/q-2;;;2*-2;;;. The molecule has 221 valence electrons. The van der Waals surface area contributed by atoms with Gasteiger partial charge in [0.25, 0.3) is 0 Å². The fraction of sp³-hybridized carbons (Fsp3) is 0.0233. The third-order valence-corrected chi connectivity index (χ3v) is 6.16. The maximum absolute atomic E-state index is 5.39. The molecular weight excluding hydrogens is 783 g/mol. The van der Waals surface area contributed by atoms with E-state index in [4.69, 9.17) is 26.3 Å². The van der Waals surface area contributed by atoms with Crippen molar-refractivity contribution in [3.8, 4) is 11.1 Å². The number of hydrogen-bond donors (Lipinski definition) is 0. The molecule has 3 heteroatoms. The predicted octanol–water partition coefficient (Wildman–Crippen LogP) is 9.27. The minimum Gasteiger partial charge on any atom is -0.394 e. The van der Waals surface area contributed by atoms with E-state index in [0.29, 0.717) is 10.4 Å². The second kappa shape index (κ2) is 26.9. The van der Waals surface area contributed by atoms with Gasteiger partial charge in [-0.05, 0) is 28.3 Å². The van der Waals surface area contributed by atoms with Crippen molar-refractivity contribution in [2.75, 3.05) is 0 Å². The van der Waals surface area contributed by atoms with Crippen LogP contribution in [0.25, 0.3) is 41.1 Å². The Kier molecular flexibility index (Phi) is 25.6. The summed E-state index contributed by atoms with van der Waals surface area (Å²) >= 11 is 0. The molecule has 0 bridgehead atoms. The van der Waals surface area contributed by atoms with Crippen molar-refractivity contribution in [3.63, 3.8) is 0 Å². The zero-order valence-electron chi connectivity index (χ0n) is 25.9. The first-order valence-electron chi connectivity index (χ1n) is 13.9. The van der Waals surface area contributed by atoms with Crippen molar-refractivity contribution < 1.29 is 98.1 Å². The molecule has 0 aliphatic heterocycles. The number of hydrogen-bond acceptors (Lipinski definition) is 0. The van der Waals surface area contributed by atoms with Crippen LogP contribution in [0.3, 0.4) is 0 Å². The van der Waals surface area contributed by atoms with Crippen molar-refractivity contribution in [2.24, 2.45) is 0 Å². The van der Waals surface area contributed by atoms with Gasteiger partial charge in [-0.3, -0.25) is 13.2 Å². The molecule has 6 aromatic rings. The Morgan fingerprint density at radius 1 is 0.478 bits per heavy atom. The molecule has 1 aliphatic carbocycles. The molecule has 0 unspecified atom stereocenters. The minimum absolute atomic E-state index is 0. The van der Waals surface area contributed by atoms with Gasteiger partial charge in [0.2, 0.25) is 0 Å². The zero-order chi connectivity index (χ0) is 30.5. The third-order valence-electron chi connectivity index (χ3n) is 6.16. The monoisotopic (exact) mass is 817 g/mol. The molecule has 1 aliphatic rings. The van der Waals surface area contributed by atoms with Gasteiger partial charge in [-0.15, -0.1) is 24.3 Å². The summed E-state index contributed by atoms with van der Waals surface area (Å²) in [4.78, 5) is 0. The van der Waals surface area contributed by atoms with Crippen LogP contribution >= 0.6 is 0 Å². The molecule has 0 spiro atoms. The van der Waals surface area contributed by atoms with Gasteiger partial charge in [0.05, 0.1) is 0 Å². The molecule has 0 saturated carbocycles. The molecule has 0 N–H and O–H groups in total. The molecule has 6 aromatic carbocycles. The average Bonchev–Trinajstić information content (AvgIpc) is 3.57. The summed E-state index contributed by atoms with van der Waals surface area (Å²) in [6.07, 6.45) is 8.05. The predicted molar refractivity (Wildman–Crippen MR) is 185 cm³/mol. The number of rotatable bonds is 2. The van der Waals surface area contributed by atoms with E-state index in [2.05, 4.69) is 97.1 Å². The first-order chi connectivity index (χ1) is 21.1. The molecule has 0 fully saturated rings. The molecule has 0 saturated heterocycles.